The summed E-state index contributed by atoms with van der Waals surface area (Å²) in [6.07, 6.45) is 0.312. The van der Waals surface area contributed by atoms with Gasteiger partial charge in [0.25, 0.3) is 0 Å². The molecule has 0 spiro atoms. The number of carbonyl (C=O) groups excluding carboxylic acids is 1. The number of ether oxygens (including phenoxy) is 2. The van der Waals surface area contributed by atoms with Crippen LogP contribution in [0, 0.1) is 13.8 Å². The van der Waals surface area contributed by atoms with Gasteiger partial charge in [0.15, 0.2) is 11.5 Å². The predicted molar refractivity (Wildman–Crippen MR) is 76.2 cm³/mol. The summed E-state index contributed by atoms with van der Waals surface area (Å²) < 4.78 is 10.6. The first-order chi connectivity index (χ1) is 10.1. The molecule has 6 nitrogen and oxygen atoms in total. The predicted octanol–water partition coefficient (Wildman–Crippen LogP) is 1.61. The Kier molecular flexibility index (Phi) is 3.51. The molecule has 0 saturated carbocycles. The molecular formula is C15H17N3O3. The van der Waals surface area contributed by atoms with E-state index in [0.717, 1.165) is 28.3 Å². The molecule has 0 fully saturated rings. The Morgan fingerprint density at radius 2 is 2.14 bits per heavy atom. The maximum absolute atomic E-state index is 12.0. The lowest BCUT2D eigenvalue weighted by atomic mass is 10.1. The van der Waals surface area contributed by atoms with Crippen molar-refractivity contribution in [2.24, 2.45) is 0 Å². The van der Waals surface area contributed by atoms with Crippen LogP contribution in [0.1, 0.15) is 22.5 Å². The average Bonchev–Trinajstić information content (AvgIpc) is 3.04. The summed E-state index contributed by atoms with van der Waals surface area (Å²) in [7, 11) is 0. The molecule has 1 aliphatic heterocycles. The minimum Gasteiger partial charge on any atom is -0.454 e. The maximum atomic E-state index is 12.0. The number of benzene rings is 1. The second kappa shape index (κ2) is 5.47. The van der Waals surface area contributed by atoms with Crippen molar-refractivity contribution in [1.29, 1.82) is 0 Å². The highest BCUT2D eigenvalue weighted by Gasteiger charge is 2.14. The molecule has 2 heterocycles. The summed E-state index contributed by atoms with van der Waals surface area (Å²) in [5, 5.41) is 9.93. The molecule has 1 aliphatic rings. The first-order valence-electron chi connectivity index (χ1n) is 6.79. The molecule has 1 aromatic heterocycles. The van der Waals surface area contributed by atoms with Gasteiger partial charge in [0.05, 0.1) is 12.1 Å². The Labute approximate surface area is 122 Å². The zero-order valence-electron chi connectivity index (χ0n) is 12.0. The molecule has 0 saturated heterocycles. The van der Waals surface area contributed by atoms with Crippen LogP contribution in [-0.4, -0.2) is 22.9 Å². The highest BCUT2D eigenvalue weighted by Crippen LogP contribution is 2.32. The molecule has 2 N–H and O–H groups in total. The molecule has 110 valence electrons. The molecule has 1 amide bonds. The van der Waals surface area contributed by atoms with E-state index < -0.39 is 0 Å². The van der Waals surface area contributed by atoms with Crippen molar-refractivity contribution in [3.63, 3.8) is 0 Å². The molecule has 3 rings (SSSR count). The Hall–Kier alpha value is -2.50. The van der Waals surface area contributed by atoms with E-state index in [1.54, 1.807) is 0 Å². The van der Waals surface area contributed by atoms with E-state index >= 15 is 0 Å². The van der Waals surface area contributed by atoms with Crippen LogP contribution in [0.25, 0.3) is 0 Å². The SMILES string of the molecule is Cc1n[nH]c(C)c1CNC(=O)Cc1ccc2c(c1)OCO2. The summed E-state index contributed by atoms with van der Waals surface area (Å²) >= 11 is 0. The second-order valence-corrected chi connectivity index (χ2v) is 5.05. The van der Waals surface area contributed by atoms with Gasteiger partial charge in [0, 0.05) is 17.8 Å². The topological polar surface area (TPSA) is 76.2 Å². The largest absolute Gasteiger partial charge is 0.454 e. The fraction of sp³-hybridized carbons (Fsp3) is 0.333. The molecule has 21 heavy (non-hydrogen) atoms. The highest BCUT2D eigenvalue weighted by atomic mass is 16.7. The van der Waals surface area contributed by atoms with Crippen LogP contribution in [-0.2, 0) is 17.8 Å². The lowest BCUT2D eigenvalue weighted by Gasteiger charge is -2.06. The van der Waals surface area contributed by atoms with E-state index in [1.165, 1.54) is 0 Å². The van der Waals surface area contributed by atoms with Gasteiger partial charge < -0.3 is 14.8 Å². The Balaban J connectivity index is 1.59. The van der Waals surface area contributed by atoms with Crippen molar-refractivity contribution in [2.75, 3.05) is 6.79 Å². The number of carbonyl (C=O) groups is 1. The molecule has 2 aromatic rings. The molecule has 0 unspecified atom stereocenters. The van der Waals surface area contributed by atoms with Crippen LogP contribution in [0.4, 0.5) is 0 Å². The number of amides is 1. The minimum absolute atomic E-state index is 0.0335. The van der Waals surface area contributed by atoms with Gasteiger partial charge in [0.1, 0.15) is 0 Å². The fourth-order valence-corrected chi connectivity index (χ4v) is 2.32. The van der Waals surface area contributed by atoms with Gasteiger partial charge in [-0.2, -0.15) is 5.10 Å². The fourth-order valence-electron chi connectivity index (χ4n) is 2.32. The van der Waals surface area contributed by atoms with E-state index in [2.05, 4.69) is 15.5 Å². The minimum atomic E-state index is -0.0335. The van der Waals surface area contributed by atoms with Gasteiger partial charge in [-0.1, -0.05) is 6.07 Å². The van der Waals surface area contributed by atoms with Crippen LogP contribution < -0.4 is 14.8 Å². The summed E-state index contributed by atoms with van der Waals surface area (Å²) in [5.74, 6) is 1.39. The lowest BCUT2D eigenvalue weighted by Crippen LogP contribution is -2.25. The number of aryl methyl sites for hydroxylation is 2. The van der Waals surface area contributed by atoms with Crippen molar-refractivity contribution in [1.82, 2.24) is 15.5 Å². The summed E-state index contributed by atoms with van der Waals surface area (Å²) in [5.41, 5.74) is 3.83. The van der Waals surface area contributed by atoms with Crippen LogP contribution in [0.2, 0.25) is 0 Å². The van der Waals surface area contributed by atoms with Gasteiger partial charge >= 0.3 is 0 Å². The van der Waals surface area contributed by atoms with Crippen molar-refractivity contribution < 1.29 is 14.3 Å². The van der Waals surface area contributed by atoms with Crippen LogP contribution in [0.15, 0.2) is 18.2 Å². The summed E-state index contributed by atoms with van der Waals surface area (Å²) in [6, 6.07) is 5.55. The monoisotopic (exact) mass is 287 g/mol. The van der Waals surface area contributed by atoms with Crippen LogP contribution >= 0.6 is 0 Å². The number of hydrogen-bond acceptors (Lipinski definition) is 4. The molecular weight excluding hydrogens is 270 g/mol. The molecule has 0 bridgehead atoms. The van der Waals surface area contributed by atoms with Gasteiger partial charge in [-0.3, -0.25) is 9.89 Å². The number of hydrogen-bond donors (Lipinski definition) is 2. The summed E-state index contributed by atoms with van der Waals surface area (Å²) in [4.78, 5) is 12.0. The third kappa shape index (κ3) is 2.84. The third-order valence-corrected chi connectivity index (χ3v) is 3.54. The van der Waals surface area contributed by atoms with E-state index in [4.69, 9.17) is 9.47 Å². The number of fused-ring (bicyclic) bond motifs is 1. The number of aromatic amines is 1. The molecule has 0 atom stereocenters. The van der Waals surface area contributed by atoms with Crippen molar-refractivity contribution >= 4 is 5.91 Å². The molecule has 1 aromatic carbocycles. The van der Waals surface area contributed by atoms with E-state index in [9.17, 15) is 4.79 Å². The highest BCUT2D eigenvalue weighted by molar-refractivity contribution is 5.78. The Bertz CT molecular complexity index is 659. The zero-order valence-corrected chi connectivity index (χ0v) is 12.0. The molecule has 0 radical (unpaired) electrons. The van der Waals surface area contributed by atoms with Crippen molar-refractivity contribution in [3.05, 3.63) is 40.7 Å². The number of aromatic nitrogens is 2. The molecule has 0 aliphatic carbocycles. The Morgan fingerprint density at radius 1 is 1.33 bits per heavy atom. The third-order valence-electron chi connectivity index (χ3n) is 3.54. The van der Waals surface area contributed by atoms with Crippen LogP contribution in [0.5, 0.6) is 11.5 Å². The van der Waals surface area contributed by atoms with E-state index in [0.29, 0.717) is 18.7 Å². The van der Waals surface area contributed by atoms with E-state index in [-0.39, 0.29) is 12.7 Å². The van der Waals surface area contributed by atoms with Gasteiger partial charge in [-0.25, -0.2) is 0 Å². The molecule has 6 heteroatoms. The average molecular weight is 287 g/mol. The maximum Gasteiger partial charge on any atom is 0.231 e. The summed E-state index contributed by atoms with van der Waals surface area (Å²) in [6.45, 7) is 4.59. The standard InChI is InChI=1S/C15H17N3O3/c1-9-12(10(2)18-17-9)7-16-15(19)6-11-3-4-13-14(5-11)21-8-20-13/h3-5H,6-8H2,1-2H3,(H,16,19)(H,17,18). The van der Waals surface area contributed by atoms with Crippen LogP contribution in [0.3, 0.4) is 0 Å². The first kappa shape index (κ1) is 13.5. The zero-order chi connectivity index (χ0) is 14.8. The first-order valence-corrected chi connectivity index (χ1v) is 6.79. The van der Waals surface area contributed by atoms with Gasteiger partial charge in [-0.15, -0.1) is 0 Å². The normalized spacial score (nSPS) is 12.5. The van der Waals surface area contributed by atoms with E-state index in [1.807, 2.05) is 32.0 Å². The van der Waals surface area contributed by atoms with Gasteiger partial charge in [-0.05, 0) is 31.5 Å². The number of H-pyrrole nitrogens is 1. The van der Waals surface area contributed by atoms with Gasteiger partial charge in [0.2, 0.25) is 12.7 Å². The quantitative estimate of drug-likeness (QED) is 0.896. The number of rotatable bonds is 4. The Morgan fingerprint density at radius 3 is 2.90 bits per heavy atom. The lowest BCUT2D eigenvalue weighted by molar-refractivity contribution is -0.120. The van der Waals surface area contributed by atoms with Crippen molar-refractivity contribution in [3.8, 4) is 11.5 Å². The second-order valence-electron chi connectivity index (χ2n) is 5.05. The number of nitrogens with one attached hydrogen (secondary N) is 2. The van der Waals surface area contributed by atoms with Crippen molar-refractivity contribution in [2.45, 2.75) is 26.8 Å². The smallest absolute Gasteiger partial charge is 0.231 e. The number of nitrogens with zero attached hydrogens (tertiary/aromatic N) is 1.